The van der Waals surface area contributed by atoms with Gasteiger partial charge in [-0.15, -0.1) is 0 Å². The Morgan fingerprint density at radius 1 is 1.33 bits per heavy atom. The maximum Gasteiger partial charge on any atom is 0.144 e. The van der Waals surface area contributed by atoms with Crippen molar-refractivity contribution in [3.63, 3.8) is 0 Å². The molecule has 0 amide bonds. The first-order chi connectivity index (χ1) is 7.19. The number of ether oxygens (including phenoxy) is 1. The van der Waals surface area contributed by atoms with Crippen LogP contribution in [0.4, 0.5) is 4.39 Å². The number of methoxy groups -OCH3 is 1. The van der Waals surface area contributed by atoms with Crippen LogP contribution in [0.5, 0.6) is 5.75 Å². The van der Waals surface area contributed by atoms with E-state index in [1.54, 1.807) is 13.0 Å². The van der Waals surface area contributed by atoms with E-state index in [1.807, 2.05) is 0 Å². The van der Waals surface area contributed by atoms with Crippen LogP contribution in [0, 0.1) is 12.7 Å². The highest BCUT2D eigenvalue weighted by Gasteiger charge is 2.07. The van der Waals surface area contributed by atoms with E-state index in [9.17, 15) is 4.39 Å². The predicted molar refractivity (Wildman–Crippen MR) is 56.6 cm³/mol. The molecule has 2 rings (SSSR count). The molecule has 0 atom stereocenters. The first kappa shape index (κ1) is 10.0. The Labute approximate surface area is 90.7 Å². The fourth-order valence-electron chi connectivity index (χ4n) is 1.22. The summed E-state index contributed by atoms with van der Waals surface area (Å²) in [6, 6.07) is 4.49. The molecule has 0 aliphatic rings. The fourth-order valence-corrected chi connectivity index (χ4v) is 1.87. The first-order valence-electron chi connectivity index (χ1n) is 4.34. The van der Waals surface area contributed by atoms with Gasteiger partial charge in [0, 0.05) is 11.6 Å². The van der Waals surface area contributed by atoms with Crippen LogP contribution < -0.4 is 4.74 Å². The quantitative estimate of drug-likeness (QED) is 0.786. The van der Waals surface area contributed by atoms with Gasteiger partial charge in [0.1, 0.15) is 22.4 Å². The first-order valence-corrected chi connectivity index (χ1v) is 5.11. The second kappa shape index (κ2) is 3.94. The van der Waals surface area contributed by atoms with Crippen LogP contribution >= 0.6 is 11.5 Å². The summed E-state index contributed by atoms with van der Waals surface area (Å²) in [6.07, 6.45) is 0. The lowest BCUT2D eigenvalue weighted by Gasteiger charge is -2.01. The van der Waals surface area contributed by atoms with Crippen molar-refractivity contribution in [2.75, 3.05) is 7.11 Å². The third-order valence-electron chi connectivity index (χ3n) is 1.88. The molecule has 0 aliphatic heterocycles. The molecule has 0 aliphatic carbocycles. The minimum absolute atomic E-state index is 0.336. The molecule has 78 valence electrons. The second-order valence-electron chi connectivity index (χ2n) is 3.03. The largest absolute Gasteiger partial charge is 0.497 e. The highest BCUT2D eigenvalue weighted by molar-refractivity contribution is 7.09. The van der Waals surface area contributed by atoms with E-state index in [0.29, 0.717) is 22.1 Å². The lowest BCUT2D eigenvalue weighted by molar-refractivity contribution is 0.411. The third kappa shape index (κ3) is 2.12. The smallest absolute Gasteiger partial charge is 0.144 e. The SMILES string of the molecule is COc1cc(F)cc(-c2nc(C)ns2)c1. The number of halogens is 1. The molecule has 3 nitrogen and oxygen atoms in total. The van der Waals surface area contributed by atoms with E-state index in [2.05, 4.69) is 9.36 Å². The van der Waals surface area contributed by atoms with Gasteiger partial charge in [0.25, 0.3) is 0 Å². The van der Waals surface area contributed by atoms with Crippen LogP contribution in [-0.2, 0) is 0 Å². The highest BCUT2D eigenvalue weighted by Crippen LogP contribution is 2.26. The minimum Gasteiger partial charge on any atom is -0.497 e. The van der Waals surface area contributed by atoms with Crippen molar-refractivity contribution >= 4 is 11.5 Å². The van der Waals surface area contributed by atoms with Crippen molar-refractivity contribution in [3.05, 3.63) is 29.8 Å². The number of benzene rings is 1. The van der Waals surface area contributed by atoms with Gasteiger partial charge in [-0.1, -0.05) is 0 Å². The van der Waals surface area contributed by atoms with E-state index in [1.165, 1.54) is 30.8 Å². The summed E-state index contributed by atoms with van der Waals surface area (Å²) in [5, 5.41) is 0.699. The average molecular weight is 224 g/mol. The number of nitrogens with zero attached hydrogens (tertiary/aromatic N) is 2. The van der Waals surface area contributed by atoms with Gasteiger partial charge in [0.05, 0.1) is 7.11 Å². The van der Waals surface area contributed by atoms with Gasteiger partial charge in [0.2, 0.25) is 0 Å². The molecule has 1 aromatic heterocycles. The molecular formula is C10H9FN2OS. The molecule has 0 N–H and O–H groups in total. The van der Waals surface area contributed by atoms with Gasteiger partial charge < -0.3 is 4.74 Å². The van der Waals surface area contributed by atoms with E-state index in [0.717, 1.165) is 0 Å². The average Bonchev–Trinajstić information content (AvgIpc) is 2.64. The molecule has 0 fully saturated rings. The molecule has 0 saturated heterocycles. The Kier molecular flexibility index (Phi) is 2.64. The number of aromatic nitrogens is 2. The van der Waals surface area contributed by atoms with Crippen LogP contribution in [0.1, 0.15) is 5.82 Å². The zero-order chi connectivity index (χ0) is 10.8. The van der Waals surface area contributed by atoms with Crippen molar-refractivity contribution < 1.29 is 9.13 Å². The van der Waals surface area contributed by atoms with Crippen molar-refractivity contribution in [2.24, 2.45) is 0 Å². The van der Waals surface area contributed by atoms with Gasteiger partial charge in [0.15, 0.2) is 0 Å². The Morgan fingerprint density at radius 3 is 2.73 bits per heavy atom. The number of aryl methyl sites for hydroxylation is 1. The van der Waals surface area contributed by atoms with Crippen molar-refractivity contribution in [3.8, 4) is 16.3 Å². The summed E-state index contributed by atoms with van der Waals surface area (Å²) in [4.78, 5) is 4.18. The topological polar surface area (TPSA) is 35.0 Å². The standard InChI is InChI=1S/C10H9FN2OS/c1-6-12-10(15-13-6)7-3-8(11)5-9(4-7)14-2/h3-5H,1-2H3. The molecule has 0 unspecified atom stereocenters. The molecular weight excluding hydrogens is 215 g/mol. The molecule has 5 heteroatoms. The molecule has 1 aromatic carbocycles. The molecule has 0 saturated carbocycles. The number of rotatable bonds is 2. The van der Waals surface area contributed by atoms with E-state index in [4.69, 9.17) is 4.74 Å². The molecule has 15 heavy (non-hydrogen) atoms. The van der Waals surface area contributed by atoms with E-state index < -0.39 is 0 Å². The Morgan fingerprint density at radius 2 is 2.13 bits per heavy atom. The highest BCUT2D eigenvalue weighted by atomic mass is 32.1. The maximum absolute atomic E-state index is 13.2. The predicted octanol–water partition coefficient (Wildman–Crippen LogP) is 2.66. The lowest BCUT2D eigenvalue weighted by atomic mass is 10.2. The zero-order valence-electron chi connectivity index (χ0n) is 8.32. The maximum atomic E-state index is 13.2. The Hall–Kier alpha value is -1.49. The van der Waals surface area contributed by atoms with Crippen LogP contribution in [-0.4, -0.2) is 16.5 Å². The summed E-state index contributed by atoms with van der Waals surface area (Å²) in [5.41, 5.74) is 0.692. The summed E-state index contributed by atoms with van der Waals surface area (Å²) >= 11 is 1.25. The van der Waals surface area contributed by atoms with E-state index in [-0.39, 0.29) is 5.82 Å². The van der Waals surface area contributed by atoms with Crippen LogP contribution in [0.2, 0.25) is 0 Å². The fraction of sp³-hybridized carbons (Fsp3) is 0.200. The molecule has 0 radical (unpaired) electrons. The summed E-state index contributed by atoms with van der Waals surface area (Å²) in [5.74, 6) is 0.841. The summed E-state index contributed by atoms with van der Waals surface area (Å²) in [6.45, 7) is 1.80. The van der Waals surface area contributed by atoms with Gasteiger partial charge in [-0.3, -0.25) is 0 Å². The molecule has 2 aromatic rings. The minimum atomic E-state index is -0.336. The Balaban J connectivity index is 2.48. The Bertz CT molecular complexity index is 484. The third-order valence-corrected chi connectivity index (χ3v) is 2.74. The molecule has 0 bridgehead atoms. The zero-order valence-corrected chi connectivity index (χ0v) is 9.14. The van der Waals surface area contributed by atoms with Crippen molar-refractivity contribution in [2.45, 2.75) is 6.92 Å². The summed E-state index contributed by atoms with van der Waals surface area (Å²) in [7, 11) is 1.50. The van der Waals surface area contributed by atoms with Gasteiger partial charge in [-0.2, -0.15) is 4.37 Å². The van der Waals surface area contributed by atoms with E-state index >= 15 is 0 Å². The van der Waals surface area contributed by atoms with Crippen LogP contribution in [0.15, 0.2) is 18.2 Å². The van der Waals surface area contributed by atoms with Gasteiger partial charge in [-0.05, 0) is 30.6 Å². The van der Waals surface area contributed by atoms with Crippen molar-refractivity contribution in [1.29, 1.82) is 0 Å². The molecule has 0 spiro atoms. The van der Waals surface area contributed by atoms with Crippen LogP contribution in [0.25, 0.3) is 10.6 Å². The lowest BCUT2D eigenvalue weighted by Crippen LogP contribution is -1.86. The van der Waals surface area contributed by atoms with Crippen molar-refractivity contribution in [1.82, 2.24) is 9.36 Å². The second-order valence-corrected chi connectivity index (χ2v) is 3.78. The van der Waals surface area contributed by atoms with Gasteiger partial charge >= 0.3 is 0 Å². The summed E-state index contributed by atoms with van der Waals surface area (Å²) < 4.78 is 22.2. The number of hydrogen-bond donors (Lipinski definition) is 0. The van der Waals surface area contributed by atoms with Gasteiger partial charge in [-0.25, -0.2) is 9.37 Å². The van der Waals surface area contributed by atoms with Crippen LogP contribution in [0.3, 0.4) is 0 Å². The normalized spacial score (nSPS) is 10.3. The monoisotopic (exact) mass is 224 g/mol. The molecule has 1 heterocycles. The number of hydrogen-bond acceptors (Lipinski definition) is 4.